The fraction of sp³-hybridized carbons (Fsp3) is 0.364. The third-order valence-corrected chi connectivity index (χ3v) is 8.33. The average molecular weight is 479 g/mol. The second-order valence-electron chi connectivity index (χ2n) is 7.65. The summed E-state index contributed by atoms with van der Waals surface area (Å²) >= 11 is 7.63. The van der Waals surface area contributed by atoms with E-state index in [1.807, 2.05) is 19.1 Å². The van der Waals surface area contributed by atoms with Gasteiger partial charge in [-0.15, -0.1) is 0 Å². The average Bonchev–Trinajstić information content (AvgIpc) is 3.17. The summed E-state index contributed by atoms with van der Waals surface area (Å²) in [6.07, 6.45) is 1.32. The molecule has 0 N–H and O–H groups in total. The summed E-state index contributed by atoms with van der Waals surface area (Å²) in [5.41, 5.74) is 1.74. The molecule has 2 aromatic carbocycles. The molecule has 1 aromatic heterocycles. The summed E-state index contributed by atoms with van der Waals surface area (Å²) < 4.78 is 32.0. The van der Waals surface area contributed by atoms with Crippen LogP contribution >= 0.6 is 22.9 Å². The molecule has 0 unspecified atom stereocenters. The zero-order valence-electron chi connectivity index (χ0n) is 17.1. The summed E-state index contributed by atoms with van der Waals surface area (Å²) in [5.74, 6) is -0.321. The van der Waals surface area contributed by atoms with Crippen LogP contribution in [0.25, 0.3) is 10.2 Å². The highest BCUT2D eigenvalue weighted by Gasteiger charge is 2.26. The third kappa shape index (κ3) is 5.19. The highest BCUT2D eigenvalue weighted by molar-refractivity contribution is 7.91. The van der Waals surface area contributed by atoms with Crippen LogP contribution in [0, 0.1) is 6.92 Å². The molecule has 1 saturated heterocycles. The second kappa shape index (κ2) is 9.14. The summed E-state index contributed by atoms with van der Waals surface area (Å²) in [6, 6.07) is 12.3. The van der Waals surface area contributed by atoms with Crippen LogP contribution in [0.4, 0.5) is 0 Å². The van der Waals surface area contributed by atoms with Crippen LogP contribution in [-0.2, 0) is 14.6 Å². The van der Waals surface area contributed by atoms with Crippen molar-refractivity contribution in [3.63, 3.8) is 0 Å². The number of aromatic nitrogens is 1. The first-order valence-electron chi connectivity index (χ1n) is 10.1. The smallest absolute Gasteiger partial charge is 0.274 e. The molecule has 1 fully saturated rings. The molecule has 0 atom stereocenters. The Morgan fingerprint density at radius 2 is 1.90 bits per heavy atom. The van der Waals surface area contributed by atoms with Gasteiger partial charge in [0.15, 0.2) is 9.84 Å². The number of nitrogens with zero attached hydrogens (tertiary/aromatic N) is 2. The van der Waals surface area contributed by atoms with Gasteiger partial charge in [-0.2, -0.15) is 0 Å². The zero-order chi connectivity index (χ0) is 22.0. The zero-order valence-corrected chi connectivity index (χ0v) is 19.5. The maximum Gasteiger partial charge on any atom is 0.274 e. The van der Waals surface area contributed by atoms with Crippen molar-refractivity contribution in [3.05, 3.63) is 53.1 Å². The fourth-order valence-electron chi connectivity index (χ4n) is 3.55. The Kier molecular flexibility index (Phi) is 6.50. The minimum Gasteiger partial charge on any atom is -0.467 e. The number of fused-ring (bicyclic) bond motifs is 1. The summed E-state index contributed by atoms with van der Waals surface area (Å²) in [7, 11) is -3.47. The van der Waals surface area contributed by atoms with E-state index in [2.05, 4.69) is 4.98 Å². The van der Waals surface area contributed by atoms with Gasteiger partial charge < -0.3 is 9.64 Å². The largest absolute Gasteiger partial charge is 0.467 e. The van der Waals surface area contributed by atoms with Crippen LogP contribution < -0.4 is 4.74 Å². The highest BCUT2D eigenvalue weighted by atomic mass is 35.5. The van der Waals surface area contributed by atoms with Gasteiger partial charge in [-0.05, 0) is 31.2 Å². The van der Waals surface area contributed by atoms with Crippen molar-refractivity contribution in [2.75, 3.05) is 18.8 Å². The summed E-state index contributed by atoms with van der Waals surface area (Å²) in [5, 5.41) is 1.18. The van der Waals surface area contributed by atoms with E-state index in [4.69, 9.17) is 16.3 Å². The minimum atomic E-state index is -3.47. The van der Waals surface area contributed by atoms with Gasteiger partial charge in [0.2, 0.25) is 5.91 Å². The molecular weight excluding hydrogens is 456 g/mol. The number of thiazole rings is 1. The fourth-order valence-corrected chi connectivity index (χ4v) is 5.96. The Bertz CT molecular complexity index is 1180. The lowest BCUT2D eigenvalue weighted by Gasteiger charge is -2.31. The predicted molar refractivity (Wildman–Crippen MR) is 123 cm³/mol. The molecule has 1 amide bonds. The second-order valence-corrected chi connectivity index (χ2v) is 11.2. The lowest BCUT2D eigenvalue weighted by atomic mass is 10.1. The Balaban J connectivity index is 1.28. The molecule has 3 aromatic rings. The number of carbonyl (C=O) groups is 1. The number of hydrogen-bond donors (Lipinski definition) is 0. The Morgan fingerprint density at radius 3 is 2.58 bits per heavy atom. The number of amides is 1. The highest BCUT2D eigenvalue weighted by Crippen LogP contribution is 2.33. The van der Waals surface area contributed by atoms with E-state index in [9.17, 15) is 13.2 Å². The molecule has 0 aliphatic carbocycles. The van der Waals surface area contributed by atoms with Crippen LogP contribution in [0.1, 0.15) is 24.8 Å². The van der Waals surface area contributed by atoms with E-state index in [0.717, 1.165) is 15.8 Å². The number of sulfone groups is 1. The van der Waals surface area contributed by atoms with Crippen molar-refractivity contribution in [1.82, 2.24) is 9.88 Å². The number of ether oxygens (including phenoxy) is 1. The first-order chi connectivity index (χ1) is 14.8. The number of benzene rings is 2. The van der Waals surface area contributed by atoms with Gasteiger partial charge >= 0.3 is 0 Å². The van der Waals surface area contributed by atoms with E-state index in [1.165, 1.54) is 11.3 Å². The van der Waals surface area contributed by atoms with Gasteiger partial charge in [0.05, 0.1) is 20.4 Å². The topological polar surface area (TPSA) is 76.6 Å². The Morgan fingerprint density at radius 1 is 1.19 bits per heavy atom. The molecule has 6 nitrogen and oxygen atoms in total. The molecule has 0 radical (unpaired) electrons. The molecule has 164 valence electrons. The standard InChI is InChI=1S/C22H23ClN2O4S2/c1-15-5-7-17(8-6-15)31(27,28)14-11-20(26)25-12-9-16(10-13-25)29-22-24-21-18(23)3-2-4-19(21)30-22/h2-8,16H,9-14H2,1H3. The monoisotopic (exact) mass is 478 g/mol. The van der Waals surface area contributed by atoms with Crippen molar-refractivity contribution >= 4 is 48.9 Å². The van der Waals surface area contributed by atoms with Gasteiger partial charge in [0.1, 0.15) is 11.6 Å². The van der Waals surface area contributed by atoms with Crippen LogP contribution in [0.15, 0.2) is 47.4 Å². The first-order valence-corrected chi connectivity index (χ1v) is 13.0. The number of para-hydroxylation sites is 1. The molecule has 9 heteroatoms. The van der Waals surface area contributed by atoms with Crippen molar-refractivity contribution in [2.45, 2.75) is 37.2 Å². The number of hydrogen-bond acceptors (Lipinski definition) is 6. The predicted octanol–water partition coefficient (Wildman–Crippen LogP) is 4.49. The van der Waals surface area contributed by atoms with E-state index < -0.39 is 9.84 Å². The van der Waals surface area contributed by atoms with Gasteiger partial charge in [-0.1, -0.05) is 46.7 Å². The number of halogens is 1. The molecule has 1 aliphatic heterocycles. The minimum absolute atomic E-state index is 0.0158. The summed E-state index contributed by atoms with van der Waals surface area (Å²) in [6.45, 7) is 2.98. The molecule has 1 aliphatic rings. The van der Waals surface area contributed by atoms with E-state index in [1.54, 1.807) is 35.2 Å². The van der Waals surface area contributed by atoms with Crippen LogP contribution in [0.3, 0.4) is 0 Å². The molecule has 4 rings (SSSR count). The van der Waals surface area contributed by atoms with Gasteiger partial charge in [0.25, 0.3) is 5.19 Å². The normalized spacial score (nSPS) is 15.4. The molecule has 0 saturated carbocycles. The quantitative estimate of drug-likeness (QED) is 0.521. The van der Waals surface area contributed by atoms with E-state index in [-0.39, 0.29) is 29.1 Å². The number of likely N-dealkylation sites (tertiary alicyclic amines) is 1. The lowest BCUT2D eigenvalue weighted by molar-refractivity contribution is -0.132. The van der Waals surface area contributed by atoms with Crippen molar-refractivity contribution in [1.29, 1.82) is 0 Å². The molecule has 0 spiro atoms. The maximum absolute atomic E-state index is 12.5. The van der Waals surface area contributed by atoms with Gasteiger partial charge in [0, 0.05) is 32.4 Å². The first kappa shape index (κ1) is 22.0. The van der Waals surface area contributed by atoms with E-state index in [0.29, 0.717) is 36.1 Å². The molecule has 2 heterocycles. The lowest BCUT2D eigenvalue weighted by Crippen LogP contribution is -2.42. The molecular formula is C22H23ClN2O4S2. The van der Waals surface area contributed by atoms with E-state index >= 15 is 0 Å². The SMILES string of the molecule is Cc1ccc(S(=O)(=O)CCC(=O)N2CCC(Oc3nc4c(Cl)cccc4s3)CC2)cc1. The third-order valence-electron chi connectivity index (χ3n) is 5.38. The number of aryl methyl sites for hydroxylation is 1. The molecule has 31 heavy (non-hydrogen) atoms. The Hall–Kier alpha value is -2.16. The number of carbonyl (C=O) groups excluding carboxylic acids is 1. The number of rotatable bonds is 6. The molecule has 0 bridgehead atoms. The van der Waals surface area contributed by atoms with Gasteiger partial charge in [-0.25, -0.2) is 13.4 Å². The van der Waals surface area contributed by atoms with Crippen LogP contribution in [-0.4, -0.2) is 49.2 Å². The Labute approximate surface area is 190 Å². The van der Waals surface area contributed by atoms with Crippen molar-refractivity contribution in [2.24, 2.45) is 0 Å². The summed E-state index contributed by atoms with van der Waals surface area (Å²) in [4.78, 5) is 19.0. The van der Waals surface area contributed by atoms with Crippen molar-refractivity contribution < 1.29 is 17.9 Å². The van der Waals surface area contributed by atoms with Crippen LogP contribution in [0.5, 0.6) is 5.19 Å². The maximum atomic E-state index is 12.5. The van der Waals surface area contributed by atoms with Crippen molar-refractivity contribution in [3.8, 4) is 5.19 Å². The number of piperidine rings is 1. The van der Waals surface area contributed by atoms with Gasteiger partial charge in [-0.3, -0.25) is 4.79 Å². The van der Waals surface area contributed by atoms with Crippen LogP contribution in [0.2, 0.25) is 5.02 Å².